The zero-order valence-corrected chi connectivity index (χ0v) is 7.15. The number of hydrogen-bond donors (Lipinski definition) is 1. The molecule has 0 aliphatic carbocycles. The first kappa shape index (κ1) is 10.3. The van der Waals surface area contributed by atoms with Gasteiger partial charge in [0.25, 0.3) is 6.43 Å². The minimum Gasteiger partial charge on any atom is -0.325 e. The molecule has 1 rings (SSSR count). The topological polar surface area (TPSA) is 38.9 Å². The van der Waals surface area contributed by atoms with Crippen molar-refractivity contribution in [3.63, 3.8) is 0 Å². The van der Waals surface area contributed by atoms with Gasteiger partial charge in [-0.2, -0.15) is 0 Å². The van der Waals surface area contributed by atoms with E-state index >= 15 is 0 Å². The van der Waals surface area contributed by atoms with Crippen LogP contribution in [-0.2, 0) is 6.54 Å². The van der Waals surface area contributed by atoms with Gasteiger partial charge in [-0.3, -0.25) is 4.98 Å². The quantitative estimate of drug-likeness (QED) is 0.813. The van der Waals surface area contributed by atoms with E-state index < -0.39 is 22.8 Å². The molecule has 13 heavy (non-hydrogen) atoms. The number of nitrogens with two attached hydrogens (primary N) is 1. The van der Waals surface area contributed by atoms with E-state index in [1.165, 1.54) is 0 Å². The Morgan fingerprint density at radius 2 is 2.15 bits per heavy atom. The smallest absolute Gasteiger partial charge is 0.268 e. The number of nitrogens with zero attached hydrogens (tertiary/aromatic N) is 1. The lowest BCUT2D eigenvalue weighted by atomic mass is 10.2. The Balaban J connectivity index is 3.32. The second-order valence-electron chi connectivity index (χ2n) is 2.29. The van der Waals surface area contributed by atoms with Crippen LogP contribution >= 0.6 is 11.6 Å². The number of hydrogen-bond acceptors (Lipinski definition) is 2. The Kier molecular flexibility index (Phi) is 3.11. The van der Waals surface area contributed by atoms with Crippen molar-refractivity contribution in [2.24, 2.45) is 5.73 Å². The van der Waals surface area contributed by atoms with Crippen LogP contribution in [0.3, 0.4) is 0 Å². The van der Waals surface area contributed by atoms with E-state index in [2.05, 4.69) is 4.98 Å². The molecule has 0 saturated heterocycles. The van der Waals surface area contributed by atoms with Gasteiger partial charge in [-0.05, 0) is 0 Å². The normalized spacial score (nSPS) is 10.9. The van der Waals surface area contributed by atoms with Gasteiger partial charge < -0.3 is 5.73 Å². The zero-order valence-electron chi connectivity index (χ0n) is 6.40. The molecule has 2 N–H and O–H groups in total. The molecule has 0 unspecified atom stereocenters. The summed E-state index contributed by atoms with van der Waals surface area (Å²) >= 11 is 5.28. The molecular formula is C7H6ClF3N2. The van der Waals surface area contributed by atoms with Crippen molar-refractivity contribution in [2.45, 2.75) is 13.0 Å². The van der Waals surface area contributed by atoms with Crippen LogP contribution in [0, 0.1) is 5.82 Å². The highest BCUT2D eigenvalue weighted by Gasteiger charge is 2.20. The number of alkyl halides is 2. The fourth-order valence-corrected chi connectivity index (χ4v) is 1.05. The Bertz CT molecular complexity index is 317. The molecule has 0 bridgehead atoms. The lowest BCUT2D eigenvalue weighted by Gasteiger charge is -2.07. The van der Waals surface area contributed by atoms with Gasteiger partial charge >= 0.3 is 0 Å². The fraction of sp³-hybridized carbons (Fsp3) is 0.286. The summed E-state index contributed by atoms with van der Waals surface area (Å²) in [6.07, 6.45) is -1.99. The van der Waals surface area contributed by atoms with Gasteiger partial charge in [0.15, 0.2) is 5.82 Å². The molecule has 0 atom stereocenters. The van der Waals surface area contributed by atoms with Crippen molar-refractivity contribution >= 4 is 11.6 Å². The van der Waals surface area contributed by atoms with Crippen molar-refractivity contribution in [1.82, 2.24) is 4.98 Å². The van der Waals surface area contributed by atoms with E-state index in [0.717, 1.165) is 6.20 Å². The second-order valence-corrected chi connectivity index (χ2v) is 2.69. The molecule has 0 amide bonds. The second kappa shape index (κ2) is 3.93. The third-order valence-electron chi connectivity index (χ3n) is 1.50. The molecule has 0 saturated carbocycles. The summed E-state index contributed by atoms with van der Waals surface area (Å²) < 4.78 is 37.5. The first-order valence-corrected chi connectivity index (χ1v) is 3.76. The van der Waals surface area contributed by atoms with E-state index in [0.29, 0.717) is 0 Å². The first-order chi connectivity index (χ1) is 6.07. The monoisotopic (exact) mass is 210 g/mol. The van der Waals surface area contributed by atoms with Crippen LogP contribution in [0.4, 0.5) is 13.2 Å². The van der Waals surface area contributed by atoms with Crippen LogP contribution in [0.15, 0.2) is 6.20 Å². The van der Waals surface area contributed by atoms with Crippen LogP contribution in [0.25, 0.3) is 0 Å². The summed E-state index contributed by atoms with van der Waals surface area (Å²) in [5.41, 5.74) is 4.12. The van der Waals surface area contributed by atoms with Crippen LogP contribution in [0.5, 0.6) is 0 Å². The van der Waals surface area contributed by atoms with Gasteiger partial charge in [0, 0.05) is 12.7 Å². The lowest BCUT2D eigenvalue weighted by molar-refractivity contribution is 0.144. The highest BCUT2D eigenvalue weighted by atomic mass is 35.5. The molecule has 0 aliphatic rings. The van der Waals surface area contributed by atoms with Crippen LogP contribution in [0.2, 0.25) is 5.02 Å². The Hall–Kier alpha value is -0.810. The number of pyridine rings is 1. The van der Waals surface area contributed by atoms with Crippen LogP contribution < -0.4 is 5.73 Å². The number of halogens is 4. The predicted octanol–water partition coefficient (Wildman–Crippen LogP) is 2.27. The van der Waals surface area contributed by atoms with Gasteiger partial charge in [-0.1, -0.05) is 11.6 Å². The van der Waals surface area contributed by atoms with Gasteiger partial charge in [0.1, 0.15) is 0 Å². The summed E-state index contributed by atoms with van der Waals surface area (Å²) in [5, 5.41) is -0.424. The maximum atomic E-state index is 13.0. The average Bonchev–Trinajstić information content (AvgIpc) is 2.08. The molecule has 0 fully saturated rings. The van der Waals surface area contributed by atoms with Gasteiger partial charge in [-0.25, -0.2) is 13.2 Å². The summed E-state index contributed by atoms with van der Waals surface area (Å²) in [6.45, 7) is -0.242. The van der Waals surface area contributed by atoms with Crippen molar-refractivity contribution in [1.29, 1.82) is 0 Å². The minimum atomic E-state index is -2.95. The molecule has 6 heteroatoms. The van der Waals surface area contributed by atoms with Crippen molar-refractivity contribution in [3.8, 4) is 0 Å². The maximum absolute atomic E-state index is 13.0. The van der Waals surface area contributed by atoms with E-state index in [1.807, 2.05) is 0 Å². The lowest BCUT2D eigenvalue weighted by Crippen LogP contribution is -2.07. The molecule has 0 aromatic carbocycles. The van der Waals surface area contributed by atoms with Gasteiger partial charge in [0.05, 0.1) is 16.3 Å². The molecule has 0 spiro atoms. The Morgan fingerprint density at radius 1 is 1.54 bits per heavy atom. The summed E-state index contributed by atoms with van der Waals surface area (Å²) in [5.74, 6) is -1.15. The Morgan fingerprint density at radius 3 is 2.62 bits per heavy atom. The molecule has 1 heterocycles. The third-order valence-corrected chi connectivity index (χ3v) is 1.77. The zero-order chi connectivity index (χ0) is 10.0. The van der Waals surface area contributed by atoms with Crippen molar-refractivity contribution in [3.05, 3.63) is 28.3 Å². The molecule has 0 radical (unpaired) electrons. The minimum absolute atomic E-state index is 0.170. The largest absolute Gasteiger partial charge is 0.325 e. The molecule has 2 nitrogen and oxygen atoms in total. The van der Waals surface area contributed by atoms with E-state index in [1.54, 1.807) is 0 Å². The summed E-state index contributed by atoms with van der Waals surface area (Å²) in [4.78, 5) is 3.50. The highest BCUT2D eigenvalue weighted by Crippen LogP contribution is 2.28. The maximum Gasteiger partial charge on any atom is 0.268 e. The predicted molar refractivity (Wildman–Crippen MR) is 42.1 cm³/mol. The third kappa shape index (κ3) is 1.92. The van der Waals surface area contributed by atoms with Crippen LogP contribution in [-0.4, -0.2) is 4.98 Å². The molecule has 1 aromatic heterocycles. The molecular weight excluding hydrogens is 205 g/mol. The van der Waals surface area contributed by atoms with Gasteiger partial charge in [0.2, 0.25) is 0 Å². The SMILES string of the molecule is NCc1ncc(Cl)c(F)c1C(F)F. The first-order valence-electron chi connectivity index (χ1n) is 3.39. The standard InChI is InChI=1S/C7H6ClF3N2/c8-3-2-13-4(1-12)5(6(3)9)7(10)11/h2,7H,1,12H2. The number of aromatic nitrogens is 1. The summed E-state index contributed by atoms with van der Waals surface area (Å²) in [6, 6.07) is 0. The van der Waals surface area contributed by atoms with Gasteiger partial charge in [-0.15, -0.1) is 0 Å². The molecule has 1 aromatic rings. The molecule has 0 aliphatic heterocycles. The van der Waals surface area contributed by atoms with Crippen molar-refractivity contribution in [2.75, 3.05) is 0 Å². The van der Waals surface area contributed by atoms with Crippen LogP contribution in [0.1, 0.15) is 17.7 Å². The van der Waals surface area contributed by atoms with Crippen molar-refractivity contribution < 1.29 is 13.2 Å². The average molecular weight is 211 g/mol. The highest BCUT2D eigenvalue weighted by molar-refractivity contribution is 6.30. The van der Waals surface area contributed by atoms with E-state index in [-0.39, 0.29) is 12.2 Å². The van der Waals surface area contributed by atoms with E-state index in [4.69, 9.17) is 17.3 Å². The van der Waals surface area contributed by atoms with E-state index in [9.17, 15) is 13.2 Å². The Labute approximate surface area is 77.5 Å². The fourth-order valence-electron chi connectivity index (χ4n) is 0.901. The summed E-state index contributed by atoms with van der Waals surface area (Å²) in [7, 11) is 0. The molecule has 72 valence electrons. The number of rotatable bonds is 2.